The summed E-state index contributed by atoms with van der Waals surface area (Å²) in [4.78, 5) is 25.5. The average Bonchev–Trinajstić information content (AvgIpc) is 2.81. The van der Waals surface area contributed by atoms with E-state index in [0.29, 0.717) is 11.6 Å². The van der Waals surface area contributed by atoms with E-state index in [4.69, 9.17) is 4.74 Å². The van der Waals surface area contributed by atoms with Crippen LogP contribution in [0.1, 0.15) is 18.3 Å². The maximum atomic E-state index is 12.3. The number of halogens is 1. The number of carbonyl (C=O) groups is 1. The van der Waals surface area contributed by atoms with Gasteiger partial charge in [0.1, 0.15) is 11.6 Å². The molecule has 0 radical (unpaired) electrons. The number of hydrogen-bond acceptors (Lipinski definition) is 5. The molecule has 0 fully saturated rings. The molecule has 4 rings (SSSR count). The highest BCUT2D eigenvalue weighted by Gasteiger charge is 2.11. The van der Waals surface area contributed by atoms with Gasteiger partial charge in [0.05, 0.1) is 17.7 Å². The van der Waals surface area contributed by atoms with Crippen LogP contribution in [0.3, 0.4) is 0 Å². The fraction of sp³-hybridized carbons (Fsp3) is 0.120. The second-order valence-corrected chi connectivity index (χ2v) is 7.96. The summed E-state index contributed by atoms with van der Waals surface area (Å²) in [6, 6.07) is 20.5. The summed E-state index contributed by atoms with van der Waals surface area (Å²) in [5.74, 6) is 1.78. The van der Waals surface area contributed by atoms with Crippen molar-refractivity contribution in [2.24, 2.45) is 0 Å². The molecule has 2 aromatic carbocycles. The highest BCUT2D eigenvalue weighted by Crippen LogP contribution is 2.30. The first-order valence-electron chi connectivity index (χ1n) is 10.2. The lowest BCUT2D eigenvalue weighted by Crippen LogP contribution is -2.14. The number of aromatic nitrogens is 3. The zero-order valence-electron chi connectivity index (χ0n) is 17.5. The van der Waals surface area contributed by atoms with Crippen molar-refractivity contribution in [3.63, 3.8) is 0 Å². The van der Waals surface area contributed by atoms with Gasteiger partial charge < -0.3 is 10.1 Å². The van der Waals surface area contributed by atoms with Crippen LogP contribution in [0.4, 0.5) is 5.69 Å². The monoisotopic (exact) mass is 488 g/mol. The van der Waals surface area contributed by atoms with Crippen LogP contribution in [0, 0.1) is 0 Å². The van der Waals surface area contributed by atoms with E-state index in [1.165, 1.54) is 0 Å². The highest BCUT2D eigenvalue weighted by atomic mass is 79.9. The summed E-state index contributed by atoms with van der Waals surface area (Å²) in [5.41, 5.74) is 3.19. The summed E-state index contributed by atoms with van der Waals surface area (Å²) in [5, 5.41) is 2.90. The number of rotatable bonds is 7. The van der Waals surface area contributed by atoms with Crippen LogP contribution < -0.4 is 10.1 Å². The van der Waals surface area contributed by atoms with Gasteiger partial charge in [0.15, 0.2) is 0 Å². The van der Waals surface area contributed by atoms with Crippen LogP contribution in [0.25, 0.3) is 11.3 Å². The van der Waals surface area contributed by atoms with E-state index < -0.39 is 0 Å². The lowest BCUT2D eigenvalue weighted by atomic mass is 10.1. The number of anilines is 1. The Morgan fingerprint density at radius 3 is 2.62 bits per heavy atom. The van der Waals surface area contributed by atoms with Crippen LogP contribution in [0.15, 0.2) is 83.6 Å². The number of benzene rings is 2. The Kier molecular flexibility index (Phi) is 6.87. The first kappa shape index (κ1) is 21.6. The molecule has 6 nitrogen and oxygen atoms in total. The first-order valence-corrected chi connectivity index (χ1v) is 11.0. The molecule has 0 aliphatic rings. The van der Waals surface area contributed by atoms with Gasteiger partial charge in [-0.1, -0.05) is 41.1 Å². The Morgan fingerprint density at radius 2 is 1.84 bits per heavy atom. The molecule has 0 unspecified atom stereocenters. The van der Waals surface area contributed by atoms with Crippen molar-refractivity contribution in [1.29, 1.82) is 0 Å². The number of amides is 1. The molecular weight excluding hydrogens is 468 g/mol. The Hall–Kier alpha value is -3.58. The van der Waals surface area contributed by atoms with Crippen molar-refractivity contribution >= 4 is 27.5 Å². The maximum absolute atomic E-state index is 12.3. The van der Waals surface area contributed by atoms with Gasteiger partial charge in [0.2, 0.25) is 11.8 Å². The van der Waals surface area contributed by atoms with E-state index in [1.807, 2.05) is 73.7 Å². The molecule has 2 aromatic heterocycles. The predicted molar refractivity (Wildman–Crippen MR) is 128 cm³/mol. The minimum absolute atomic E-state index is 0.0840. The predicted octanol–water partition coefficient (Wildman–Crippen LogP) is 5.84. The van der Waals surface area contributed by atoms with E-state index in [1.54, 1.807) is 12.4 Å². The topological polar surface area (TPSA) is 77.0 Å². The summed E-state index contributed by atoms with van der Waals surface area (Å²) in [7, 11) is 0. The standard InChI is InChI=1S/C25H21BrN4O2/c1-2-23-27-14-12-22(30-23)21-7-4-13-28-25(21)32-20-10-8-17(9-11-20)15-24(31)29-19-6-3-5-18(26)16-19/h3-14,16H,2,15H2,1H3,(H,29,31). The maximum Gasteiger partial charge on any atom is 0.228 e. The molecule has 1 N–H and O–H groups in total. The van der Waals surface area contributed by atoms with Crippen molar-refractivity contribution < 1.29 is 9.53 Å². The molecule has 1 amide bonds. The summed E-state index contributed by atoms with van der Waals surface area (Å²) in [6.45, 7) is 2.01. The van der Waals surface area contributed by atoms with Crippen LogP contribution in [-0.2, 0) is 17.6 Å². The Balaban J connectivity index is 1.45. The Morgan fingerprint density at radius 1 is 1.00 bits per heavy atom. The largest absolute Gasteiger partial charge is 0.438 e. The third-order valence-corrected chi connectivity index (χ3v) is 5.17. The van der Waals surface area contributed by atoms with Crippen molar-refractivity contribution in [2.45, 2.75) is 19.8 Å². The summed E-state index contributed by atoms with van der Waals surface area (Å²) < 4.78 is 6.94. The van der Waals surface area contributed by atoms with Gasteiger partial charge in [-0.25, -0.2) is 15.0 Å². The van der Waals surface area contributed by atoms with Crippen molar-refractivity contribution in [3.05, 3.63) is 95.0 Å². The van der Waals surface area contributed by atoms with Gasteiger partial charge >= 0.3 is 0 Å². The molecule has 7 heteroatoms. The van der Waals surface area contributed by atoms with E-state index in [2.05, 4.69) is 36.2 Å². The number of nitrogens with one attached hydrogen (secondary N) is 1. The zero-order valence-corrected chi connectivity index (χ0v) is 19.0. The third kappa shape index (κ3) is 5.56. The van der Waals surface area contributed by atoms with Crippen molar-refractivity contribution in [2.75, 3.05) is 5.32 Å². The van der Waals surface area contributed by atoms with Crippen LogP contribution in [-0.4, -0.2) is 20.9 Å². The molecule has 2 heterocycles. The molecule has 32 heavy (non-hydrogen) atoms. The van der Waals surface area contributed by atoms with Crippen LogP contribution in [0.5, 0.6) is 11.6 Å². The molecule has 0 bridgehead atoms. The number of hydrogen-bond donors (Lipinski definition) is 1. The smallest absolute Gasteiger partial charge is 0.228 e. The van der Waals surface area contributed by atoms with Crippen LogP contribution >= 0.6 is 15.9 Å². The van der Waals surface area contributed by atoms with Gasteiger partial charge in [0.25, 0.3) is 0 Å². The Labute approximate surface area is 194 Å². The molecule has 160 valence electrons. The number of carbonyl (C=O) groups excluding carboxylic acids is 1. The molecular formula is C25H21BrN4O2. The van der Waals surface area contributed by atoms with E-state index >= 15 is 0 Å². The SMILES string of the molecule is CCc1nccc(-c2cccnc2Oc2ccc(CC(=O)Nc3cccc(Br)c3)cc2)n1. The number of pyridine rings is 1. The van der Waals surface area contributed by atoms with Crippen molar-refractivity contribution in [3.8, 4) is 22.9 Å². The Bertz CT molecular complexity index is 1230. The highest BCUT2D eigenvalue weighted by molar-refractivity contribution is 9.10. The fourth-order valence-electron chi connectivity index (χ4n) is 3.13. The molecule has 0 aliphatic carbocycles. The fourth-order valence-corrected chi connectivity index (χ4v) is 3.53. The number of aryl methyl sites for hydroxylation is 1. The minimum Gasteiger partial charge on any atom is -0.438 e. The van der Waals surface area contributed by atoms with Crippen molar-refractivity contribution in [1.82, 2.24) is 15.0 Å². The average molecular weight is 489 g/mol. The third-order valence-electron chi connectivity index (χ3n) is 4.68. The quantitative estimate of drug-likeness (QED) is 0.353. The lowest BCUT2D eigenvalue weighted by molar-refractivity contribution is -0.115. The molecule has 0 atom stereocenters. The second kappa shape index (κ2) is 10.2. The molecule has 0 saturated heterocycles. The first-order chi connectivity index (χ1) is 15.6. The molecule has 0 saturated carbocycles. The van der Waals surface area contributed by atoms with Gasteiger partial charge in [-0.05, 0) is 54.1 Å². The lowest BCUT2D eigenvalue weighted by Gasteiger charge is -2.11. The van der Waals surface area contributed by atoms with Crippen LogP contribution in [0.2, 0.25) is 0 Å². The van der Waals surface area contributed by atoms with E-state index in [9.17, 15) is 4.79 Å². The molecule has 4 aromatic rings. The molecule has 0 spiro atoms. The van der Waals surface area contributed by atoms with Gasteiger partial charge in [-0.2, -0.15) is 0 Å². The normalized spacial score (nSPS) is 10.6. The summed E-state index contributed by atoms with van der Waals surface area (Å²) in [6.07, 6.45) is 4.44. The summed E-state index contributed by atoms with van der Waals surface area (Å²) >= 11 is 3.40. The zero-order chi connectivity index (χ0) is 22.3. The van der Waals surface area contributed by atoms with Gasteiger partial charge in [0, 0.05) is 29.0 Å². The minimum atomic E-state index is -0.0840. The molecule has 0 aliphatic heterocycles. The van der Waals surface area contributed by atoms with E-state index in [0.717, 1.165) is 39.2 Å². The number of nitrogens with zero attached hydrogens (tertiary/aromatic N) is 3. The second-order valence-electron chi connectivity index (χ2n) is 7.05. The van der Waals surface area contributed by atoms with E-state index in [-0.39, 0.29) is 12.3 Å². The van der Waals surface area contributed by atoms with Gasteiger partial charge in [-0.15, -0.1) is 0 Å². The van der Waals surface area contributed by atoms with Gasteiger partial charge in [-0.3, -0.25) is 4.79 Å². The number of ether oxygens (including phenoxy) is 1.